The summed E-state index contributed by atoms with van der Waals surface area (Å²) >= 11 is 14.2. The van der Waals surface area contributed by atoms with E-state index in [1.165, 1.54) is 36.7 Å². The molecule has 0 fully saturated rings. The molecule has 2 aromatic heterocycles. The van der Waals surface area contributed by atoms with Gasteiger partial charge >= 0.3 is 39.6 Å². The van der Waals surface area contributed by atoms with Crippen molar-refractivity contribution < 1.29 is 73.1 Å². The van der Waals surface area contributed by atoms with Crippen molar-refractivity contribution >= 4 is 67.0 Å². The Bertz CT molecular complexity index is 1530. The Morgan fingerprint density at radius 1 is 0.733 bits per heavy atom. The summed E-state index contributed by atoms with van der Waals surface area (Å²) in [5.41, 5.74) is 5.65. The Labute approximate surface area is 314 Å². The van der Waals surface area contributed by atoms with Crippen LogP contribution in [0.2, 0.25) is 10.0 Å². The molecule has 244 valence electrons. The van der Waals surface area contributed by atoms with Crippen LogP contribution >= 0.6 is 67.0 Å². The number of nitrogens with zero attached hydrogens (tertiary/aromatic N) is 2. The van der Waals surface area contributed by atoms with Crippen LogP contribution in [0, 0.1) is 27.7 Å². The fourth-order valence-corrected chi connectivity index (χ4v) is 8.57. The predicted molar refractivity (Wildman–Crippen MR) is 186 cm³/mol. The molecule has 0 radical (unpaired) electrons. The third-order valence-electron chi connectivity index (χ3n) is 6.59. The number of halogens is 3. The van der Waals surface area contributed by atoms with E-state index in [-0.39, 0.29) is 60.9 Å². The fraction of sp³-hybridized carbons (Fsp3) is 0.267. The molecule has 0 aliphatic rings. The van der Waals surface area contributed by atoms with E-state index in [0.29, 0.717) is 9.46 Å². The van der Waals surface area contributed by atoms with Crippen molar-refractivity contribution in [2.45, 2.75) is 55.7 Å². The molecule has 0 aliphatic heterocycles. The first kappa shape index (κ1) is 44.1. The summed E-state index contributed by atoms with van der Waals surface area (Å²) in [4.78, 5) is 1.97. The molecule has 45 heavy (non-hydrogen) atoms. The van der Waals surface area contributed by atoms with Crippen molar-refractivity contribution in [3.05, 3.63) is 116 Å². The first-order valence-corrected chi connectivity index (χ1v) is 19.1. The van der Waals surface area contributed by atoms with E-state index >= 15 is 0 Å². The molecule has 4 rings (SSSR count). The van der Waals surface area contributed by atoms with E-state index in [9.17, 15) is 28.6 Å². The van der Waals surface area contributed by atoms with E-state index in [1.54, 1.807) is 6.92 Å². The number of benzene rings is 2. The van der Waals surface area contributed by atoms with Gasteiger partial charge in [0.15, 0.2) is 0 Å². The Balaban J connectivity index is 0.000000783. The summed E-state index contributed by atoms with van der Waals surface area (Å²) < 4.78 is 43.4. The van der Waals surface area contributed by atoms with E-state index < -0.39 is 26.4 Å². The molecule has 0 saturated carbocycles. The predicted octanol–water partition coefficient (Wildman–Crippen LogP) is 6.02. The smallest absolute Gasteiger partial charge is 0.870 e. The Kier molecular flexibility index (Phi) is 18.9. The standard InChI is InChI=1S/C15H18ClNO3S.C14H16ClNO3S.CH3I.Na.H2O/c1-10-6-7-11(2)13(9-10)12(3)21(19,20)15-14(16)5-4-8-17(15)18;1-10-5-6-11(2)12(8-10)9-20(18,19)14-13(15)4-3-7-16(14)17;1-2;;/h4-9,12H,1-3H3,(H2-,18,19,20);3-8H,9H2,1-2H3,(H2-,17,18,19);1H3;;1H2/q;;;+1;/p+1. The van der Waals surface area contributed by atoms with Crippen LogP contribution in [-0.2, 0) is 5.75 Å². The maximum Gasteiger partial charge on any atom is 1.00 e. The van der Waals surface area contributed by atoms with Crippen LogP contribution in [0.3, 0.4) is 0 Å². The topological polar surface area (TPSA) is 159 Å². The van der Waals surface area contributed by atoms with Crippen molar-refractivity contribution in [2.75, 3.05) is 4.93 Å². The van der Waals surface area contributed by atoms with Crippen LogP contribution in [-0.4, -0.2) is 39.0 Å². The molecule has 0 aliphatic carbocycles. The third kappa shape index (κ3) is 11.4. The quantitative estimate of drug-likeness (QED) is 0.0456. The van der Waals surface area contributed by atoms with E-state index in [0.717, 1.165) is 33.4 Å². The molecule has 9 nitrogen and oxygen atoms in total. The van der Waals surface area contributed by atoms with Gasteiger partial charge in [-0.2, -0.15) is 0 Å². The molecule has 0 spiro atoms. The molecule has 2 aromatic carbocycles. The number of rotatable bonds is 6. The van der Waals surface area contributed by atoms with Crippen LogP contribution in [0.4, 0.5) is 0 Å². The number of pyridine rings is 2. The zero-order valence-corrected chi connectivity index (χ0v) is 33.5. The Morgan fingerprint density at radius 2 is 1.18 bits per heavy atom. The molecule has 0 bridgehead atoms. The summed E-state index contributed by atoms with van der Waals surface area (Å²) in [5.74, 6) is 0.0187. The van der Waals surface area contributed by atoms with Crippen molar-refractivity contribution in [2.24, 2.45) is 0 Å². The molecule has 1 unspecified atom stereocenters. The minimum absolute atomic E-state index is 0. The zero-order chi connectivity index (χ0) is 32.7. The van der Waals surface area contributed by atoms with Gasteiger partial charge in [0.1, 0.15) is 10.0 Å². The minimum atomic E-state index is -3.31. The second-order valence-corrected chi connectivity index (χ2v) is 15.0. The normalized spacial score (nSPS) is 12.2. The van der Waals surface area contributed by atoms with Gasteiger partial charge in [-0.1, -0.05) is 93.3 Å². The molecule has 7 N–H and O–H groups in total. The van der Waals surface area contributed by atoms with Gasteiger partial charge in [0.2, 0.25) is 12.4 Å². The zero-order valence-electron chi connectivity index (χ0n) is 26.2. The van der Waals surface area contributed by atoms with Gasteiger partial charge in [0, 0.05) is 21.6 Å². The van der Waals surface area contributed by atoms with Crippen molar-refractivity contribution in [3.8, 4) is 0 Å². The van der Waals surface area contributed by atoms with Gasteiger partial charge in [-0.15, -0.1) is 21.2 Å². The van der Waals surface area contributed by atoms with Crippen molar-refractivity contribution in [3.63, 3.8) is 0 Å². The van der Waals surface area contributed by atoms with E-state index in [4.69, 9.17) is 23.2 Å². The van der Waals surface area contributed by atoms with Gasteiger partial charge in [-0.05, 0) is 73.9 Å². The Hall–Kier alpha value is -0.850. The van der Waals surface area contributed by atoms with Crippen LogP contribution < -0.4 is 39.0 Å². The SMILES string of the molecule is CI.Cc1ccc(C)c(C(C)S(O)(O)c2c(Cl)ccc[n+]2O)c1.Cc1ccc(C)c(CS(O)(O)c2c(Cl)ccc[n+]2O)c1.[Na+].[OH-]. The van der Waals surface area contributed by atoms with Gasteiger partial charge in [-0.3, -0.25) is 28.6 Å². The van der Waals surface area contributed by atoms with Crippen molar-refractivity contribution in [1.82, 2.24) is 0 Å². The van der Waals surface area contributed by atoms with Gasteiger partial charge < -0.3 is 5.48 Å². The summed E-state index contributed by atoms with van der Waals surface area (Å²) in [6, 6.07) is 17.7. The monoisotopic (exact) mass is 824 g/mol. The summed E-state index contributed by atoms with van der Waals surface area (Å²) in [5, 5.41) is 19.2. The summed E-state index contributed by atoms with van der Waals surface area (Å²) in [6.07, 6.45) is 2.64. The molecule has 15 heteroatoms. The number of hydrogen-bond acceptors (Lipinski definition) is 7. The molecular weight excluding hydrogens is 785 g/mol. The first-order chi connectivity index (χ1) is 20.1. The van der Waals surface area contributed by atoms with Crippen LogP contribution in [0.5, 0.6) is 0 Å². The Morgan fingerprint density at radius 3 is 1.67 bits per heavy atom. The van der Waals surface area contributed by atoms with Crippen LogP contribution in [0.25, 0.3) is 0 Å². The maximum atomic E-state index is 10.7. The number of aromatic nitrogens is 2. The van der Waals surface area contributed by atoms with E-state index in [2.05, 4.69) is 22.6 Å². The average Bonchev–Trinajstić information content (AvgIpc) is 2.92. The number of aryl methyl sites for hydroxylation is 4. The molecule has 1 atom stereocenters. The van der Waals surface area contributed by atoms with Gasteiger partial charge in [0.05, 0.1) is 11.0 Å². The first-order valence-electron chi connectivity index (χ1n) is 12.9. The second kappa shape index (κ2) is 19.2. The maximum absolute atomic E-state index is 10.7. The number of alkyl halides is 1. The fourth-order valence-electron chi connectivity index (χ4n) is 4.29. The second-order valence-electron chi connectivity index (χ2n) is 9.85. The molecule has 4 aromatic rings. The van der Waals surface area contributed by atoms with E-state index in [1.807, 2.05) is 69.0 Å². The summed E-state index contributed by atoms with van der Waals surface area (Å²) in [6.45, 7) is 9.43. The molecule has 0 amide bonds. The van der Waals surface area contributed by atoms with Crippen molar-refractivity contribution in [1.29, 1.82) is 0 Å². The average molecular weight is 826 g/mol. The number of hydrogen-bond donors (Lipinski definition) is 6. The molecule has 0 saturated heterocycles. The molecule has 2 heterocycles. The van der Waals surface area contributed by atoms with Gasteiger partial charge in [0.25, 0.3) is 0 Å². The van der Waals surface area contributed by atoms with Crippen LogP contribution in [0.1, 0.15) is 45.6 Å². The minimum Gasteiger partial charge on any atom is -0.870 e. The summed E-state index contributed by atoms with van der Waals surface area (Å²) in [7, 11) is -6.54. The third-order valence-corrected chi connectivity index (χ3v) is 11.4. The molecular formula is C30H40Cl2IN2NaO7S2+2. The largest absolute Gasteiger partial charge is 1.00 e. The van der Waals surface area contributed by atoms with Crippen LogP contribution in [0.15, 0.2) is 83.1 Å². The van der Waals surface area contributed by atoms with Gasteiger partial charge in [-0.25, -0.2) is 0 Å².